The van der Waals surface area contributed by atoms with E-state index in [0.717, 1.165) is 38.2 Å². The first-order chi connectivity index (χ1) is 14.2. The van der Waals surface area contributed by atoms with E-state index >= 15 is 0 Å². The number of benzene rings is 1. The van der Waals surface area contributed by atoms with Gasteiger partial charge in [-0.05, 0) is 87.6 Å². The van der Waals surface area contributed by atoms with E-state index in [0.29, 0.717) is 6.42 Å². The van der Waals surface area contributed by atoms with Crippen molar-refractivity contribution in [2.45, 2.75) is 71.8 Å². The van der Waals surface area contributed by atoms with Crippen molar-refractivity contribution in [2.75, 3.05) is 18.0 Å². The fourth-order valence-electron chi connectivity index (χ4n) is 5.37. The minimum Gasteiger partial charge on any atom is -0.460 e. The number of anilines is 1. The highest BCUT2D eigenvalue weighted by atomic mass is 16.6. The molecule has 4 nitrogen and oxygen atoms in total. The van der Waals surface area contributed by atoms with E-state index in [1.165, 1.54) is 22.3 Å². The predicted molar refractivity (Wildman–Crippen MR) is 121 cm³/mol. The largest absolute Gasteiger partial charge is 0.460 e. The fourth-order valence-corrected chi connectivity index (χ4v) is 5.37. The third kappa shape index (κ3) is 3.97. The molecule has 1 aliphatic heterocycles. The zero-order chi connectivity index (χ0) is 21.5. The van der Waals surface area contributed by atoms with Gasteiger partial charge in [-0.2, -0.15) is 0 Å². The Kier molecular flexibility index (Phi) is 5.37. The molecule has 0 radical (unpaired) electrons. The number of hydrogen-bond donors (Lipinski definition) is 0. The summed E-state index contributed by atoms with van der Waals surface area (Å²) in [6, 6.07) is 10.8. The number of nitrogens with zero attached hydrogens (tertiary/aromatic N) is 2. The van der Waals surface area contributed by atoms with E-state index in [1.807, 2.05) is 27.0 Å². The molecule has 1 atom stereocenters. The van der Waals surface area contributed by atoms with Gasteiger partial charge < -0.3 is 9.64 Å². The van der Waals surface area contributed by atoms with E-state index < -0.39 is 5.60 Å². The number of aryl methyl sites for hydroxylation is 1. The maximum atomic E-state index is 12.8. The van der Waals surface area contributed by atoms with Gasteiger partial charge in [-0.15, -0.1) is 0 Å². The Balaban J connectivity index is 1.56. The first-order valence-corrected chi connectivity index (χ1v) is 11.2. The number of fused-ring (bicyclic) bond motifs is 1. The second kappa shape index (κ2) is 7.72. The van der Waals surface area contributed by atoms with E-state index in [2.05, 4.69) is 54.1 Å². The van der Waals surface area contributed by atoms with Gasteiger partial charge in [0.05, 0.1) is 6.42 Å². The molecule has 1 aromatic heterocycles. The van der Waals surface area contributed by atoms with Gasteiger partial charge in [0.15, 0.2) is 0 Å². The van der Waals surface area contributed by atoms with Crippen LogP contribution in [0.3, 0.4) is 0 Å². The molecule has 4 rings (SSSR count). The molecular weight excluding hydrogens is 372 g/mol. The molecule has 30 heavy (non-hydrogen) atoms. The summed E-state index contributed by atoms with van der Waals surface area (Å²) in [5.41, 5.74) is 5.01. The van der Waals surface area contributed by atoms with Gasteiger partial charge in [-0.3, -0.25) is 4.79 Å². The van der Waals surface area contributed by atoms with Crippen LogP contribution >= 0.6 is 0 Å². The van der Waals surface area contributed by atoms with Crippen LogP contribution in [0.4, 0.5) is 5.82 Å². The summed E-state index contributed by atoms with van der Waals surface area (Å²) in [7, 11) is 0. The predicted octanol–water partition coefficient (Wildman–Crippen LogP) is 5.36. The molecule has 1 spiro atoms. The SMILES string of the molecule is Cc1ccnc(N2CCC3(CC2)Cc2ccccc2[C@H]3CC(=O)OC(C)(C)C)c1C. The zero-order valence-corrected chi connectivity index (χ0v) is 19.0. The van der Waals surface area contributed by atoms with Crippen molar-refractivity contribution in [1.82, 2.24) is 4.98 Å². The smallest absolute Gasteiger partial charge is 0.306 e. The molecule has 1 fully saturated rings. The minimum atomic E-state index is -0.444. The highest BCUT2D eigenvalue weighted by Crippen LogP contribution is 2.55. The molecule has 2 heterocycles. The van der Waals surface area contributed by atoms with Gasteiger partial charge >= 0.3 is 5.97 Å². The lowest BCUT2D eigenvalue weighted by Gasteiger charge is -2.44. The second-order valence-corrected chi connectivity index (χ2v) is 10.1. The normalized spacial score (nSPS) is 20.3. The number of rotatable bonds is 3. The van der Waals surface area contributed by atoms with Crippen molar-refractivity contribution in [3.63, 3.8) is 0 Å². The lowest BCUT2D eigenvalue weighted by Crippen LogP contribution is -2.43. The van der Waals surface area contributed by atoms with Gasteiger partial charge in [-0.25, -0.2) is 4.98 Å². The van der Waals surface area contributed by atoms with Gasteiger partial charge in [0.2, 0.25) is 0 Å². The van der Waals surface area contributed by atoms with Crippen molar-refractivity contribution < 1.29 is 9.53 Å². The zero-order valence-electron chi connectivity index (χ0n) is 19.0. The van der Waals surface area contributed by atoms with E-state index in [-0.39, 0.29) is 17.3 Å². The summed E-state index contributed by atoms with van der Waals surface area (Å²) in [5, 5.41) is 0. The number of ether oxygens (including phenoxy) is 1. The van der Waals surface area contributed by atoms with Crippen LogP contribution in [-0.4, -0.2) is 29.6 Å². The lowest BCUT2D eigenvalue weighted by atomic mass is 9.68. The van der Waals surface area contributed by atoms with Crippen LogP contribution in [0.25, 0.3) is 0 Å². The average Bonchev–Trinajstić information content (AvgIpc) is 2.96. The van der Waals surface area contributed by atoms with Crippen molar-refractivity contribution in [3.8, 4) is 0 Å². The topological polar surface area (TPSA) is 42.4 Å². The number of carbonyl (C=O) groups excluding carboxylic acids is 1. The van der Waals surface area contributed by atoms with Crippen LogP contribution in [0.1, 0.15) is 68.2 Å². The molecule has 1 aliphatic carbocycles. The molecule has 2 aromatic rings. The highest BCUT2D eigenvalue weighted by Gasteiger charge is 2.48. The lowest BCUT2D eigenvalue weighted by molar-refractivity contribution is -0.156. The summed E-state index contributed by atoms with van der Waals surface area (Å²) < 4.78 is 5.71. The number of pyridine rings is 1. The van der Waals surface area contributed by atoms with Crippen LogP contribution in [0.2, 0.25) is 0 Å². The van der Waals surface area contributed by atoms with Crippen molar-refractivity contribution in [2.24, 2.45) is 5.41 Å². The maximum Gasteiger partial charge on any atom is 0.306 e. The van der Waals surface area contributed by atoms with Gasteiger partial charge in [0.1, 0.15) is 11.4 Å². The van der Waals surface area contributed by atoms with E-state index in [1.54, 1.807) is 0 Å². The minimum absolute atomic E-state index is 0.0813. The number of esters is 1. The van der Waals surface area contributed by atoms with E-state index in [4.69, 9.17) is 4.74 Å². The van der Waals surface area contributed by atoms with Crippen LogP contribution in [0, 0.1) is 19.3 Å². The summed E-state index contributed by atoms with van der Waals surface area (Å²) in [6.07, 6.45) is 5.59. The first-order valence-electron chi connectivity index (χ1n) is 11.2. The fraction of sp³-hybridized carbons (Fsp3) is 0.538. The van der Waals surface area contributed by atoms with Crippen LogP contribution in [-0.2, 0) is 16.0 Å². The maximum absolute atomic E-state index is 12.8. The Morgan fingerprint density at radius 3 is 2.57 bits per heavy atom. The van der Waals surface area contributed by atoms with Crippen LogP contribution in [0.15, 0.2) is 36.5 Å². The van der Waals surface area contributed by atoms with Crippen LogP contribution in [0.5, 0.6) is 0 Å². The molecule has 0 saturated carbocycles. The van der Waals surface area contributed by atoms with Crippen molar-refractivity contribution in [3.05, 3.63) is 58.8 Å². The van der Waals surface area contributed by atoms with Gasteiger partial charge in [0.25, 0.3) is 0 Å². The average molecular weight is 407 g/mol. The molecule has 2 aliphatic rings. The molecule has 4 heteroatoms. The second-order valence-electron chi connectivity index (χ2n) is 10.1. The van der Waals surface area contributed by atoms with Crippen molar-refractivity contribution in [1.29, 1.82) is 0 Å². The summed E-state index contributed by atoms with van der Waals surface area (Å²) in [5.74, 6) is 1.27. The van der Waals surface area contributed by atoms with Crippen molar-refractivity contribution >= 4 is 11.8 Å². The Labute approximate surface area is 180 Å². The molecule has 0 amide bonds. The number of carbonyl (C=O) groups is 1. The summed E-state index contributed by atoms with van der Waals surface area (Å²) in [4.78, 5) is 19.9. The monoisotopic (exact) mass is 406 g/mol. The van der Waals surface area contributed by atoms with Gasteiger partial charge in [-0.1, -0.05) is 24.3 Å². The number of aromatic nitrogens is 1. The summed E-state index contributed by atoms with van der Waals surface area (Å²) >= 11 is 0. The Bertz CT molecular complexity index is 936. The molecule has 0 bridgehead atoms. The molecular formula is C26H34N2O2. The Morgan fingerprint density at radius 1 is 1.17 bits per heavy atom. The summed E-state index contributed by atoms with van der Waals surface area (Å²) in [6.45, 7) is 12.1. The van der Waals surface area contributed by atoms with Crippen LogP contribution < -0.4 is 4.90 Å². The third-order valence-corrected chi connectivity index (χ3v) is 7.01. The third-order valence-electron chi connectivity index (χ3n) is 7.01. The first kappa shape index (κ1) is 20.9. The Morgan fingerprint density at radius 2 is 1.87 bits per heavy atom. The van der Waals surface area contributed by atoms with E-state index in [9.17, 15) is 4.79 Å². The molecule has 160 valence electrons. The van der Waals surface area contributed by atoms with Gasteiger partial charge in [0, 0.05) is 25.2 Å². The number of piperidine rings is 1. The molecule has 1 saturated heterocycles. The quantitative estimate of drug-likeness (QED) is 0.644. The molecule has 0 N–H and O–H groups in total. The molecule has 0 unspecified atom stereocenters. The highest BCUT2D eigenvalue weighted by molar-refractivity contribution is 5.72. The standard InChI is InChI=1S/C26H34N2O2/c1-18-10-13-27-24(19(18)2)28-14-11-26(12-15-28)17-20-8-6-7-9-21(20)22(26)16-23(29)30-25(3,4)5/h6-10,13,22H,11-12,14-17H2,1-5H3/t22-/m1/s1. The number of hydrogen-bond acceptors (Lipinski definition) is 4. The molecule has 1 aromatic carbocycles. The Hall–Kier alpha value is -2.36.